The van der Waals surface area contributed by atoms with Crippen molar-refractivity contribution in [3.63, 3.8) is 0 Å². The average Bonchev–Trinajstić information content (AvgIpc) is 2.49. The average molecular weight is 264 g/mol. The summed E-state index contributed by atoms with van der Waals surface area (Å²) in [6, 6.07) is 0. The number of fused-ring (bicyclic) bond motifs is 2. The number of hydrogen-bond donors (Lipinski definition) is 1. The molecule has 5 heteroatoms. The number of nitrogens with zero attached hydrogens (tertiary/aromatic N) is 1. The Morgan fingerprint density at radius 2 is 1.89 bits per heavy atom. The van der Waals surface area contributed by atoms with E-state index in [1.54, 1.807) is 7.05 Å². The van der Waals surface area contributed by atoms with Crippen molar-refractivity contribution in [2.75, 3.05) is 7.05 Å². The summed E-state index contributed by atoms with van der Waals surface area (Å²) in [5.74, 6) is 0.911. The summed E-state index contributed by atoms with van der Waals surface area (Å²) in [6.45, 7) is 6.11. The molecule has 2 heterocycles. The van der Waals surface area contributed by atoms with Crippen molar-refractivity contribution in [2.45, 2.75) is 46.3 Å². The number of carbonyl (C=O) groups is 2. The van der Waals surface area contributed by atoms with Crippen molar-refractivity contribution in [3.05, 3.63) is 11.3 Å². The minimum Gasteiger partial charge on any atom is -0.477 e. The molecular weight excluding hydrogens is 244 g/mol. The fraction of sp³-hybridized carbons (Fsp3) is 0.714. The number of hydrazine groups is 1. The van der Waals surface area contributed by atoms with Crippen LogP contribution in [0.1, 0.15) is 40.0 Å². The van der Waals surface area contributed by atoms with Gasteiger partial charge in [-0.3, -0.25) is 14.6 Å². The molecule has 3 rings (SSSR count). The van der Waals surface area contributed by atoms with Crippen LogP contribution in [0.3, 0.4) is 0 Å². The zero-order valence-electron chi connectivity index (χ0n) is 11.9. The highest BCUT2D eigenvalue weighted by molar-refractivity contribution is 6.00. The molecule has 104 valence electrons. The van der Waals surface area contributed by atoms with Crippen LogP contribution in [0.2, 0.25) is 0 Å². The minimum atomic E-state index is -0.521. The first-order valence-electron chi connectivity index (χ1n) is 6.69. The zero-order valence-corrected chi connectivity index (χ0v) is 11.9. The maximum Gasteiger partial charge on any atom is 0.237 e. The Bertz CT molecular complexity index is 509. The Kier molecular flexibility index (Phi) is 2.40. The second-order valence-electron chi connectivity index (χ2n) is 6.91. The fourth-order valence-corrected chi connectivity index (χ4v) is 3.44. The van der Waals surface area contributed by atoms with Gasteiger partial charge in [-0.15, -0.1) is 0 Å². The molecule has 1 saturated heterocycles. The Labute approximate surface area is 112 Å². The number of hydrogen-bond acceptors (Lipinski definition) is 4. The van der Waals surface area contributed by atoms with Crippen molar-refractivity contribution in [2.24, 2.45) is 10.8 Å². The maximum atomic E-state index is 12.4. The van der Waals surface area contributed by atoms with Crippen LogP contribution in [0.4, 0.5) is 0 Å². The number of rotatable bonds is 0. The highest BCUT2D eigenvalue weighted by atomic mass is 16.5. The van der Waals surface area contributed by atoms with Crippen LogP contribution in [-0.4, -0.2) is 30.0 Å². The predicted octanol–water partition coefficient (Wildman–Crippen LogP) is 1.36. The van der Waals surface area contributed by atoms with E-state index >= 15 is 0 Å². The Morgan fingerprint density at radius 3 is 2.58 bits per heavy atom. The monoisotopic (exact) mass is 264 g/mol. The molecule has 0 aromatic heterocycles. The van der Waals surface area contributed by atoms with Gasteiger partial charge in [0.05, 0.1) is 5.41 Å². The van der Waals surface area contributed by atoms with E-state index in [0.29, 0.717) is 12.8 Å². The van der Waals surface area contributed by atoms with E-state index in [2.05, 4.69) is 19.3 Å². The van der Waals surface area contributed by atoms with E-state index in [9.17, 15) is 9.59 Å². The molecule has 0 aromatic rings. The standard InChI is InChI=1S/C14H20N2O3/c1-13(2)5-8(17)11-9(6-13)19-12-14(11,3)7-10(18)16(4)15-12/h12,15H,5-7H2,1-4H3/t12-,14+/m1/s1. The molecule has 0 bridgehead atoms. The molecule has 2 atom stereocenters. The van der Waals surface area contributed by atoms with Crippen LogP contribution in [0.5, 0.6) is 0 Å². The largest absolute Gasteiger partial charge is 0.477 e. The van der Waals surface area contributed by atoms with E-state index in [1.165, 1.54) is 5.01 Å². The molecule has 3 aliphatic rings. The predicted molar refractivity (Wildman–Crippen MR) is 68.6 cm³/mol. The lowest BCUT2D eigenvalue weighted by atomic mass is 9.68. The molecule has 0 radical (unpaired) electrons. The van der Waals surface area contributed by atoms with Gasteiger partial charge in [-0.25, -0.2) is 0 Å². The summed E-state index contributed by atoms with van der Waals surface area (Å²) >= 11 is 0. The van der Waals surface area contributed by atoms with Gasteiger partial charge < -0.3 is 4.74 Å². The van der Waals surface area contributed by atoms with Crippen LogP contribution in [0, 0.1) is 10.8 Å². The van der Waals surface area contributed by atoms with Gasteiger partial charge in [0.1, 0.15) is 5.76 Å². The molecule has 5 nitrogen and oxygen atoms in total. The third-order valence-corrected chi connectivity index (χ3v) is 4.45. The number of allylic oxidation sites excluding steroid dienone is 1. The Balaban J connectivity index is 2.02. The smallest absolute Gasteiger partial charge is 0.237 e. The normalized spacial score (nSPS) is 37.1. The van der Waals surface area contributed by atoms with Crippen LogP contribution in [0.25, 0.3) is 0 Å². The molecule has 0 spiro atoms. The number of ketones is 1. The Hall–Kier alpha value is -1.36. The molecule has 19 heavy (non-hydrogen) atoms. The first-order valence-corrected chi connectivity index (χ1v) is 6.69. The van der Waals surface area contributed by atoms with Crippen LogP contribution in [0.15, 0.2) is 11.3 Å². The van der Waals surface area contributed by atoms with Gasteiger partial charge in [-0.05, 0) is 12.3 Å². The summed E-state index contributed by atoms with van der Waals surface area (Å²) < 4.78 is 5.95. The van der Waals surface area contributed by atoms with E-state index in [-0.39, 0.29) is 23.3 Å². The van der Waals surface area contributed by atoms with Crippen LogP contribution in [-0.2, 0) is 14.3 Å². The first-order chi connectivity index (χ1) is 8.73. The number of carbonyl (C=O) groups excluding carboxylic acids is 2. The van der Waals surface area contributed by atoms with E-state index in [4.69, 9.17) is 4.74 Å². The van der Waals surface area contributed by atoms with E-state index in [0.717, 1.165) is 17.8 Å². The number of amides is 1. The number of Topliss-reactive ketones (excluding diaryl/α,β-unsaturated/α-hetero) is 1. The molecule has 1 N–H and O–H groups in total. The number of nitrogens with one attached hydrogen (secondary N) is 1. The Morgan fingerprint density at radius 1 is 1.21 bits per heavy atom. The lowest BCUT2D eigenvalue weighted by molar-refractivity contribution is -0.150. The van der Waals surface area contributed by atoms with Crippen molar-refractivity contribution in [3.8, 4) is 0 Å². The number of ether oxygens (including phenoxy) is 1. The molecular formula is C14H20N2O3. The molecule has 1 amide bonds. The third kappa shape index (κ3) is 1.71. The van der Waals surface area contributed by atoms with Gasteiger partial charge in [0.25, 0.3) is 0 Å². The van der Waals surface area contributed by atoms with Crippen molar-refractivity contribution in [1.82, 2.24) is 10.4 Å². The molecule has 0 unspecified atom stereocenters. The van der Waals surface area contributed by atoms with E-state index in [1.807, 2.05) is 6.92 Å². The third-order valence-electron chi connectivity index (χ3n) is 4.45. The van der Waals surface area contributed by atoms with Gasteiger partial charge in [0.2, 0.25) is 5.91 Å². The van der Waals surface area contributed by atoms with Gasteiger partial charge in [-0.1, -0.05) is 13.8 Å². The van der Waals surface area contributed by atoms with Gasteiger partial charge in [-0.2, -0.15) is 5.43 Å². The topological polar surface area (TPSA) is 58.6 Å². The molecule has 0 aromatic carbocycles. The minimum absolute atomic E-state index is 0.00580. The second kappa shape index (κ2) is 3.60. The first kappa shape index (κ1) is 12.7. The van der Waals surface area contributed by atoms with Crippen LogP contribution < -0.4 is 5.43 Å². The van der Waals surface area contributed by atoms with Crippen molar-refractivity contribution >= 4 is 11.7 Å². The van der Waals surface area contributed by atoms with Crippen LogP contribution >= 0.6 is 0 Å². The summed E-state index contributed by atoms with van der Waals surface area (Å²) in [5, 5.41) is 1.46. The summed E-state index contributed by atoms with van der Waals surface area (Å²) in [4.78, 5) is 24.4. The molecule has 0 saturated carbocycles. The van der Waals surface area contributed by atoms with Gasteiger partial charge in [0, 0.05) is 31.9 Å². The summed E-state index contributed by atoms with van der Waals surface area (Å²) in [5.41, 5.74) is 3.20. The lowest BCUT2D eigenvalue weighted by Gasteiger charge is -2.40. The maximum absolute atomic E-state index is 12.4. The van der Waals surface area contributed by atoms with Gasteiger partial charge in [0.15, 0.2) is 12.0 Å². The molecule has 1 aliphatic carbocycles. The van der Waals surface area contributed by atoms with Gasteiger partial charge >= 0.3 is 0 Å². The lowest BCUT2D eigenvalue weighted by Crippen LogP contribution is -2.59. The second-order valence-corrected chi connectivity index (χ2v) is 6.91. The molecule has 1 fully saturated rings. The van der Waals surface area contributed by atoms with E-state index < -0.39 is 5.41 Å². The summed E-state index contributed by atoms with van der Waals surface area (Å²) in [7, 11) is 1.69. The highest BCUT2D eigenvalue weighted by Gasteiger charge is 2.56. The SMILES string of the molecule is CN1N[C@@H]2OC3=C(C(=O)CC(C)(C)C3)[C@]2(C)CC1=O. The molecule has 2 aliphatic heterocycles. The van der Waals surface area contributed by atoms with Crippen molar-refractivity contribution in [1.29, 1.82) is 0 Å². The quantitative estimate of drug-likeness (QED) is 0.717. The summed E-state index contributed by atoms with van der Waals surface area (Å²) in [6.07, 6.45) is 1.31. The zero-order chi connectivity index (χ0) is 14.0. The fourth-order valence-electron chi connectivity index (χ4n) is 3.44. The van der Waals surface area contributed by atoms with Crippen molar-refractivity contribution < 1.29 is 14.3 Å². The highest BCUT2D eigenvalue weighted by Crippen LogP contribution is 2.52.